The summed E-state index contributed by atoms with van der Waals surface area (Å²) in [6.07, 6.45) is 0. The highest BCUT2D eigenvalue weighted by Crippen LogP contribution is 2.16. The molecule has 0 radical (unpaired) electrons. The highest BCUT2D eigenvalue weighted by atomic mass is 35.5. The highest BCUT2D eigenvalue weighted by molar-refractivity contribution is 5.85. The predicted octanol–water partition coefficient (Wildman–Crippen LogP) is 2.58. The van der Waals surface area contributed by atoms with Gasteiger partial charge in [-0.2, -0.15) is 0 Å². The summed E-state index contributed by atoms with van der Waals surface area (Å²) in [7, 11) is 0. The van der Waals surface area contributed by atoms with E-state index in [2.05, 4.69) is 5.32 Å². The van der Waals surface area contributed by atoms with Gasteiger partial charge in [-0.15, -0.1) is 12.4 Å². The number of hydrogen-bond acceptors (Lipinski definition) is 2. The lowest BCUT2D eigenvalue weighted by molar-refractivity contribution is -0.123. The minimum Gasteiger partial charge on any atom is -0.348 e. The Balaban J connectivity index is 0.00000289. The van der Waals surface area contributed by atoms with Crippen molar-refractivity contribution in [1.82, 2.24) is 5.32 Å². The van der Waals surface area contributed by atoms with E-state index in [1.165, 1.54) is 5.56 Å². The molecule has 1 aromatic rings. The number of rotatable bonds is 4. The van der Waals surface area contributed by atoms with Crippen LogP contribution in [0.2, 0.25) is 0 Å². The Morgan fingerprint density at radius 1 is 1.22 bits per heavy atom. The number of nitrogens with one attached hydrogen (secondary N) is 1. The van der Waals surface area contributed by atoms with Crippen LogP contribution in [0, 0.1) is 12.8 Å². The van der Waals surface area contributed by atoms with Crippen LogP contribution in [0.4, 0.5) is 0 Å². The molecular weight excluding hydrogens is 248 g/mol. The molecule has 1 amide bonds. The Hall–Kier alpha value is -1.06. The van der Waals surface area contributed by atoms with Crippen molar-refractivity contribution in [2.24, 2.45) is 11.7 Å². The smallest absolute Gasteiger partial charge is 0.237 e. The minimum absolute atomic E-state index is 0. The zero-order valence-electron chi connectivity index (χ0n) is 11.4. The van der Waals surface area contributed by atoms with Crippen molar-refractivity contribution in [3.63, 3.8) is 0 Å². The first kappa shape index (κ1) is 16.9. The van der Waals surface area contributed by atoms with Gasteiger partial charge in [-0.05, 0) is 30.9 Å². The molecule has 3 N–H and O–H groups in total. The molecule has 2 atom stereocenters. The van der Waals surface area contributed by atoms with Crippen molar-refractivity contribution in [3.05, 3.63) is 35.4 Å². The first-order valence-electron chi connectivity index (χ1n) is 6.05. The van der Waals surface area contributed by atoms with E-state index in [0.717, 1.165) is 5.56 Å². The fourth-order valence-corrected chi connectivity index (χ4v) is 1.76. The number of carbonyl (C=O) groups excluding carboxylic acids is 1. The van der Waals surface area contributed by atoms with Crippen LogP contribution in [0.1, 0.15) is 37.9 Å². The summed E-state index contributed by atoms with van der Waals surface area (Å²) in [5.41, 5.74) is 8.13. The van der Waals surface area contributed by atoms with Gasteiger partial charge in [0.05, 0.1) is 12.1 Å². The number of amides is 1. The molecule has 18 heavy (non-hydrogen) atoms. The lowest BCUT2D eigenvalue weighted by atomic mass is 10.0. The van der Waals surface area contributed by atoms with Crippen molar-refractivity contribution >= 4 is 18.3 Å². The number of aryl methyl sites for hydroxylation is 1. The van der Waals surface area contributed by atoms with Gasteiger partial charge in [0.25, 0.3) is 0 Å². The van der Waals surface area contributed by atoms with Crippen LogP contribution in [0.25, 0.3) is 0 Å². The van der Waals surface area contributed by atoms with E-state index >= 15 is 0 Å². The first-order chi connectivity index (χ1) is 7.93. The van der Waals surface area contributed by atoms with Crippen molar-refractivity contribution in [1.29, 1.82) is 0 Å². The maximum Gasteiger partial charge on any atom is 0.237 e. The fourth-order valence-electron chi connectivity index (χ4n) is 1.76. The third-order valence-electron chi connectivity index (χ3n) is 3.03. The quantitative estimate of drug-likeness (QED) is 0.884. The maximum absolute atomic E-state index is 11.8. The summed E-state index contributed by atoms with van der Waals surface area (Å²) >= 11 is 0. The van der Waals surface area contributed by atoms with Crippen molar-refractivity contribution in [2.45, 2.75) is 39.8 Å². The molecule has 0 saturated heterocycles. The average Bonchev–Trinajstić information content (AvgIpc) is 2.28. The van der Waals surface area contributed by atoms with Gasteiger partial charge < -0.3 is 11.1 Å². The van der Waals surface area contributed by atoms with E-state index in [1.807, 2.05) is 52.0 Å². The van der Waals surface area contributed by atoms with Gasteiger partial charge in [-0.3, -0.25) is 4.79 Å². The Labute approximate surface area is 116 Å². The van der Waals surface area contributed by atoms with Crippen molar-refractivity contribution < 1.29 is 4.79 Å². The third-order valence-corrected chi connectivity index (χ3v) is 3.03. The van der Waals surface area contributed by atoms with E-state index in [0.29, 0.717) is 0 Å². The number of benzene rings is 1. The van der Waals surface area contributed by atoms with Crippen molar-refractivity contribution in [2.75, 3.05) is 0 Å². The molecule has 1 aromatic carbocycles. The molecule has 3 nitrogen and oxygen atoms in total. The van der Waals surface area contributed by atoms with Crippen LogP contribution in [-0.2, 0) is 4.79 Å². The number of hydrogen-bond donors (Lipinski definition) is 2. The Morgan fingerprint density at radius 3 is 2.28 bits per heavy atom. The molecule has 0 fully saturated rings. The third kappa shape index (κ3) is 4.31. The van der Waals surface area contributed by atoms with E-state index in [4.69, 9.17) is 5.73 Å². The van der Waals surface area contributed by atoms with Gasteiger partial charge in [0.1, 0.15) is 0 Å². The Bertz CT molecular complexity index is 393. The molecule has 0 aliphatic rings. The van der Waals surface area contributed by atoms with E-state index in [9.17, 15) is 4.79 Å². The number of halogens is 1. The second kappa shape index (κ2) is 7.39. The zero-order chi connectivity index (χ0) is 13.0. The largest absolute Gasteiger partial charge is 0.348 e. The van der Waals surface area contributed by atoms with Crippen molar-refractivity contribution in [3.8, 4) is 0 Å². The fraction of sp³-hybridized carbons (Fsp3) is 0.500. The second-order valence-electron chi connectivity index (χ2n) is 4.86. The van der Waals surface area contributed by atoms with Gasteiger partial charge >= 0.3 is 0 Å². The Kier molecular flexibility index (Phi) is 6.96. The molecular formula is C14H23ClN2O. The van der Waals surface area contributed by atoms with Gasteiger partial charge in [-0.25, -0.2) is 0 Å². The molecule has 1 rings (SSSR count). The molecule has 0 saturated carbocycles. The van der Waals surface area contributed by atoms with Gasteiger partial charge in [-0.1, -0.05) is 38.1 Å². The lowest BCUT2D eigenvalue weighted by Gasteiger charge is -2.21. The molecule has 102 valence electrons. The zero-order valence-corrected chi connectivity index (χ0v) is 12.3. The molecule has 0 bridgehead atoms. The normalized spacial score (nSPS) is 13.7. The summed E-state index contributed by atoms with van der Waals surface area (Å²) < 4.78 is 0. The lowest BCUT2D eigenvalue weighted by Crippen LogP contribution is -2.44. The maximum atomic E-state index is 11.8. The molecule has 0 spiro atoms. The Morgan fingerprint density at radius 2 is 1.78 bits per heavy atom. The molecule has 2 unspecified atom stereocenters. The molecule has 0 aliphatic carbocycles. The summed E-state index contributed by atoms with van der Waals surface area (Å²) in [6, 6.07) is 7.59. The summed E-state index contributed by atoms with van der Waals surface area (Å²) in [5, 5.41) is 2.95. The topological polar surface area (TPSA) is 55.1 Å². The molecule has 0 aromatic heterocycles. The predicted molar refractivity (Wildman–Crippen MR) is 77.8 cm³/mol. The minimum atomic E-state index is -0.443. The first-order valence-corrected chi connectivity index (χ1v) is 6.05. The van der Waals surface area contributed by atoms with Crippen LogP contribution in [-0.4, -0.2) is 11.9 Å². The summed E-state index contributed by atoms with van der Waals surface area (Å²) in [4.78, 5) is 11.8. The van der Waals surface area contributed by atoms with Gasteiger partial charge in [0, 0.05) is 0 Å². The second-order valence-corrected chi connectivity index (χ2v) is 4.86. The average molecular weight is 271 g/mol. The van der Waals surface area contributed by atoms with Gasteiger partial charge in [0.2, 0.25) is 5.91 Å². The summed E-state index contributed by atoms with van der Waals surface area (Å²) in [5.74, 6) is 0.0647. The standard InChI is InChI=1S/C14H22N2O.ClH/c1-9(2)13(15)14(17)16-11(4)12-8-6-5-7-10(12)3;/h5-9,11,13H,15H2,1-4H3,(H,16,17);1H. The van der Waals surface area contributed by atoms with E-state index < -0.39 is 6.04 Å². The highest BCUT2D eigenvalue weighted by Gasteiger charge is 2.19. The molecule has 4 heteroatoms. The molecule has 0 aliphatic heterocycles. The monoisotopic (exact) mass is 270 g/mol. The summed E-state index contributed by atoms with van der Waals surface area (Å²) in [6.45, 7) is 7.92. The van der Waals surface area contributed by atoms with Crippen LogP contribution in [0.3, 0.4) is 0 Å². The van der Waals surface area contributed by atoms with Crippen LogP contribution in [0.5, 0.6) is 0 Å². The van der Waals surface area contributed by atoms with Crippen LogP contribution >= 0.6 is 12.4 Å². The SMILES string of the molecule is Cc1ccccc1C(C)NC(=O)C(N)C(C)C.Cl. The van der Waals surface area contributed by atoms with Gasteiger partial charge in [0.15, 0.2) is 0 Å². The van der Waals surface area contributed by atoms with E-state index in [1.54, 1.807) is 0 Å². The molecule has 0 heterocycles. The van der Waals surface area contributed by atoms with E-state index in [-0.39, 0.29) is 30.3 Å². The number of carbonyl (C=O) groups is 1. The van der Waals surface area contributed by atoms with Crippen LogP contribution < -0.4 is 11.1 Å². The van der Waals surface area contributed by atoms with Crippen LogP contribution in [0.15, 0.2) is 24.3 Å². The number of nitrogens with two attached hydrogens (primary N) is 1.